The first-order valence-electron chi connectivity index (χ1n) is 7.44. The molecule has 0 fully saturated rings. The molecule has 0 heterocycles. The van der Waals surface area contributed by atoms with Gasteiger partial charge in [-0.25, -0.2) is 0 Å². The molecule has 0 aliphatic rings. The van der Waals surface area contributed by atoms with Crippen molar-refractivity contribution in [3.8, 4) is 0 Å². The maximum atomic E-state index is 5.43. The first kappa shape index (κ1) is 16.2. The maximum Gasteiger partial charge on any atom is 0.183 e. The van der Waals surface area contributed by atoms with Gasteiger partial charge in [0, 0.05) is 19.8 Å². The van der Waals surface area contributed by atoms with Gasteiger partial charge in [-0.15, -0.1) is 0 Å². The Labute approximate surface area is 118 Å². The molecule has 0 radical (unpaired) electrons. The zero-order valence-electron chi connectivity index (χ0n) is 12.9. The summed E-state index contributed by atoms with van der Waals surface area (Å²) in [4.78, 5) is 0. The van der Waals surface area contributed by atoms with Crippen LogP contribution in [0.15, 0.2) is 18.2 Å². The molecule has 1 aromatic rings. The molecule has 0 atom stereocenters. The third kappa shape index (κ3) is 4.63. The van der Waals surface area contributed by atoms with Crippen LogP contribution in [0, 0.1) is 0 Å². The number of aryl methyl sites for hydroxylation is 1. The minimum absolute atomic E-state index is 0.243. The van der Waals surface area contributed by atoms with E-state index in [1.807, 2.05) is 0 Å². The fourth-order valence-electron chi connectivity index (χ4n) is 2.59. The van der Waals surface area contributed by atoms with E-state index in [0.29, 0.717) is 0 Å². The summed E-state index contributed by atoms with van der Waals surface area (Å²) >= 11 is 0. The van der Waals surface area contributed by atoms with E-state index in [0.717, 1.165) is 12.8 Å². The van der Waals surface area contributed by atoms with Crippen molar-refractivity contribution in [1.29, 1.82) is 0 Å². The Morgan fingerprint density at radius 1 is 1.00 bits per heavy atom. The van der Waals surface area contributed by atoms with Gasteiger partial charge >= 0.3 is 0 Å². The Hall–Kier alpha value is -0.860. The van der Waals surface area contributed by atoms with Gasteiger partial charge in [0.2, 0.25) is 0 Å². The fourth-order valence-corrected chi connectivity index (χ4v) is 2.59. The molecular weight excluding hydrogens is 236 g/mol. The van der Waals surface area contributed by atoms with Crippen LogP contribution in [-0.2, 0) is 22.3 Å². The van der Waals surface area contributed by atoms with Crippen molar-refractivity contribution >= 4 is 0 Å². The Morgan fingerprint density at radius 3 is 2.32 bits per heavy atom. The van der Waals surface area contributed by atoms with Gasteiger partial charge in [0.1, 0.15) is 0 Å². The SMILES string of the molecule is CCCCCCc1c(CC)cccc1C(OC)OC. The van der Waals surface area contributed by atoms with E-state index in [-0.39, 0.29) is 6.29 Å². The van der Waals surface area contributed by atoms with E-state index in [2.05, 4.69) is 32.0 Å². The molecule has 2 nitrogen and oxygen atoms in total. The van der Waals surface area contributed by atoms with Crippen LogP contribution in [0.3, 0.4) is 0 Å². The highest BCUT2D eigenvalue weighted by Gasteiger charge is 2.15. The summed E-state index contributed by atoms with van der Waals surface area (Å²) in [6.45, 7) is 4.46. The number of ether oxygens (including phenoxy) is 2. The average Bonchev–Trinajstić information content (AvgIpc) is 2.45. The van der Waals surface area contributed by atoms with Crippen LogP contribution < -0.4 is 0 Å². The Kier molecular flexibility index (Phi) is 7.76. The summed E-state index contributed by atoms with van der Waals surface area (Å²) in [5.41, 5.74) is 4.05. The number of methoxy groups -OCH3 is 2. The summed E-state index contributed by atoms with van der Waals surface area (Å²) in [7, 11) is 3.40. The third-order valence-electron chi connectivity index (χ3n) is 3.65. The first-order chi connectivity index (χ1) is 9.28. The summed E-state index contributed by atoms with van der Waals surface area (Å²) in [5, 5.41) is 0. The van der Waals surface area contributed by atoms with Gasteiger partial charge in [-0.05, 0) is 30.4 Å². The van der Waals surface area contributed by atoms with Crippen LogP contribution in [0.1, 0.15) is 62.5 Å². The molecule has 0 aliphatic heterocycles. The highest BCUT2D eigenvalue weighted by Crippen LogP contribution is 2.26. The first-order valence-corrected chi connectivity index (χ1v) is 7.44. The molecule has 1 rings (SSSR count). The second-order valence-corrected chi connectivity index (χ2v) is 4.95. The lowest BCUT2D eigenvalue weighted by atomic mass is 9.94. The fraction of sp³-hybridized carbons (Fsp3) is 0.647. The van der Waals surface area contributed by atoms with Crippen molar-refractivity contribution in [3.63, 3.8) is 0 Å². The summed E-state index contributed by atoms with van der Waals surface area (Å²) < 4.78 is 10.9. The molecule has 0 N–H and O–H groups in total. The van der Waals surface area contributed by atoms with Gasteiger partial charge in [0.05, 0.1) is 0 Å². The van der Waals surface area contributed by atoms with E-state index in [1.165, 1.54) is 42.4 Å². The Balaban J connectivity index is 2.89. The van der Waals surface area contributed by atoms with Crippen LogP contribution in [-0.4, -0.2) is 14.2 Å². The molecule has 0 unspecified atom stereocenters. The van der Waals surface area contributed by atoms with Crippen molar-refractivity contribution in [2.24, 2.45) is 0 Å². The highest BCUT2D eigenvalue weighted by atomic mass is 16.7. The average molecular weight is 264 g/mol. The lowest BCUT2D eigenvalue weighted by Gasteiger charge is -2.20. The van der Waals surface area contributed by atoms with Gasteiger partial charge in [-0.2, -0.15) is 0 Å². The van der Waals surface area contributed by atoms with E-state index in [9.17, 15) is 0 Å². The summed E-state index contributed by atoms with van der Waals surface area (Å²) in [6.07, 6.45) is 7.10. The summed E-state index contributed by atoms with van der Waals surface area (Å²) in [6, 6.07) is 6.46. The third-order valence-corrected chi connectivity index (χ3v) is 3.65. The number of unbranched alkanes of at least 4 members (excludes halogenated alkanes) is 3. The molecule has 0 saturated heterocycles. The minimum atomic E-state index is -0.243. The molecular formula is C17H28O2. The number of hydrogen-bond acceptors (Lipinski definition) is 2. The van der Waals surface area contributed by atoms with E-state index < -0.39 is 0 Å². The van der Waals surface area contributed by atoms with Gasteiger partial charge in [-0.3, -0.25) is 0 Å². The Bertz CT molecular complexity index is 356. The number of hydrogen-bond donors (Lipinski definition) is 0. The lowest BCUT2D eigenvalue weighted by molar-refractivity contribution is -0.106. The largest absolute Gasteiger partial charge is 0.352 e. The zero-order valence-corrected chi connectivity index (χ0v) is 12.9. The molecule has 2 heteroatoms. The molecule has 108 valence electrons. The van der Waals surface area contributed by atoms with Crippen LogP contribution >= 0.6 is 0 Å². The van der Waals surface area contributed by atoms with Crippen molar-refractivity contribution in [2.75, 3.05) is 14.2 Å². The Morgan fingerprint density at radius 2 is 1.74 bits per heavy atom. The van der Waals surface area contributed by atoms with Gasteiger partial charge in [-0.1, -0.05) is 51.3 Å². The predicted molar refractivity (Wildman–Crippen MR) is 80.4 cm³/mol. The van der Waals surface area contributed by atoms with Gasteiger partial charge in [0.15, 0.2) is 6.29 Å². The van der Waals surface area contributed by atoms with Crippen molar-refractivity contribution < 1.29 is 9.47 Å². The van der Waals surface area contributed by atoms with Gasteiger partial charge in [0.25, 0.3) is 0 Å². The predicted octanol–water partition coefficient (Wildman–Crippen LogP) is 4.66. The smallest absolute Gasteiger partial charge is 0.183 e. The van der Waals surface area contributed by atoms with Crippen molar-refractivity contribution in [3.05, 3.63) is 34.9 Å². The van der Waals surface area contributed by atoms with E-state index in [4.69, 9.17) is 9.47 Å². The van der Waals surface area contributed by atoms with Crippen molar-refractivity contribution in [1.82, 2.24) is 0 Å². The zero-order chi connectivity index (χ0) is 14.1. The maximum absolute atomic E-state index is 5.43. The molecule has 0 saturated carbocycles. The van der Waals surface area contributed by atoms with E-state index in [1.54, 1.807) is 14.2 Å². The van der Waals surface area contributed by atoms with Crippen LogP contribution in [0.25, 0.3) is 0 Å². The normalized spacial score (nSPS) is 11.2. The molecule has 1 aromatic carbocycles. The monoisotopic (exact) mass is 264 g/mol. The van der Waals surface area contributed by atoms with E-state index >= 15 is 0 Å². The van der Waals surface area contributed by atoms with Crippen LogP contribution in [0.2, 0.25) is 0 Å². The number of rotatable bonds is 9. The molecule has 0 aliphatic carbocycles. The quantitative estimate of drug-likeness (QED) is 0.477. The lowest BCUT2D eigenvalue weighted by Crippen LogP contribution is -2.09. The minimum Gasteiger partial charge on any atom is -0.352 e. The van der Waals surface area contributed by atoms with Crippen LogP contribution in [0.4, 0.5) is 0 Å². The molecule has 0 spiro atoms. The highest BCUT2D eigenvalue weighted by molar-refractivity contribution is 5.36. The molecule has 0 aromatic heterocycles. The second-order valence-electron chi connectivity index (χ2n) is 4.95. The summed E-state index contributed by atoms with van der Waals surface area (Å²) in [5.74, 6) is 0. The topological polar surface area (TPSA) is 18.5 Å². The van der Waals surface area contributed by atoms with Crippen molar-refractivity contribution in [2.45, 2.75) is 58.7 Å². The standard InChI is InChI=1S/C17H28O2/c1-5-7-8-9-12-15-14(6-2)11-10-13-16(15)17(18-3)19-4/h10-11,13,17H,5-9,12H2,1-4H3. The molecule has 0 bridgehead atoms. The second kappa shape index (κ2) is 9.11. The molecule has 0 amide bonds. The molecule has 19 heavy (non-hydrogen) atoms. The van der Waals surface area contributed by atoms with Gasteiger partial charge < -0.3 is 9.47 Å². The van der Waals surface area contributed by atoms with Crippen LogP contribution in [0.5, 0.6) is 0 Å². The number of benzene rings is 1.